The molecule has 0 amide bonds. The van der Waals surface area contributed by atoms with Crippen LogP contribution in [-0.4, -0.2) is 19.4 Å². The molecule has 0 bridgehead atoms. The molecule has 3 nitrogen and oxygen atoms in total. The van der Waals surface area contributed by atoms with Gasteiger partial charge in [-0.2, -0.15) is 0 Å². The van der Waals surface area contributed by atoms with E-state index in [1.54, 1.807) is 19.9 Å². The monoisotopic (exact) mass is 288 g/mol. The van der Waals surface area contributed by atoms with Crippen molar-refractivity contribution < 1.29 is 13.6 Å². The van der Waals surface area contributed by atoms with Crippen LogP contribution in [0.15, 0.2) is 30.3 Å². The SMILES string of the molecule is CCOP(=O)(C/C=C/c1ccc(Cl)cc1)OCC. The Balaban J connectivity index is 2.61. The lowest BCUT2D eigenvalue weighted by Crippen LogP contribution is -1.98. The molecule has 0 aliphatic heterocycles. The zero-order valence-corrected chi connectivity index (χ0v) is 12.3. The van der Waals surface area contributed by atoms with Crippen molar-refractivity contribution in [1.82, 2.24) is 0 Å². The van der Waals surface area contributed by atoms with Crippen LogP contribution in [0.2, 0.25) is 5.02 Å². The third kappa shape index (κ3) is 5.36. The van der Waals surface area contributed by atoms with E-state index >= 15 is 0 Å². The summed E-state index contributed by atoms with van der Waals surface area (Å²) in [5, 5.41) is 0.696. The molecule has 1 aromatic carbocycles. The Labute approximate surface area is 113 Å². The van der Waals surface area contributed by atoms with E-state index < -0.39 is 7.60 Å². The number of hydrogen-bond acceptors (Lipinski definition) is 3. The number of hydrogen-bond donors (Lipinski definition) is 0. The molecule has 0 N–H and O–H groups in total. The van der Waals surface area contributed by atoms with Gasteiger partial charge in [-0.15, -0.1) is 0 Å². The van der Waals surface area contributed by atoms with Crippen LogP contribution in [0.3, 0.4) is 0 Å². The summed E-state index contributed by atoms with van der Waals surface area (Å²) in [6.07, 6.45) is 3.95. The van der Waals surface area contributed by atoms with Crippen LogP contribution in [0.4, 0.5) is 0 Å². The highest BCUT2D eigenvalue weighted by atomic mass is 35.5. The summed E-state index contributed by atoms with van der Waals surface area (Å²) in [6, 6.07) is 7.41. The summed E-state index contributed by atoms with van der Waals surface area (Å²) in [6.45, 7) is 4.36. The van der Waals surface area contributed by atoms with Crippen LogP contribution in [0.25, 0.3) is 6.08 Å². The van der Waals surface area contributed by atoms with E-state index in [0.717, 1.165) is 5.56 Å². The molecule has 0 atom stereocenters. The van der Waals surface area contributed by atoms with Crippen LogP contribution in [0.1, 0.15) is 19.4 Å². The van der Waals surface area contributed by atoms with E-state index in [2.05, 4.69) is 0 Å². The van der Waals surface area contributed by atoms with Gasteiger partial charge in [-0.05, 0) is 31.5 Å². The molecule has 0 unspecified atom stereocenters. The lowest BCUT2D eigenvalue weighted by Gasteiger charge is -2.14. The van der Waals surface area contributed by atoms with Crippen molar-refractivity contribution in [2.24, 2.45) is 0 Å². The molecule has 0 saturated heterocycles. The topological polar surface area (TPSA) is 35.5 Å². The second-order valence-electron chi connectivity index (χ2n) is 3.58. The average Bonchev–Trinajstić information content (AvgIpc) is 2.32. The summed E-state index contributed by atoms with van der Waals surface area (Å²) in [7, 11) is -2.98. The molecule has 0 spiro atoms. The van der Waals surface area contributed by atoms with Gasteiger partial charge in [0.2, 0.25) is 0 Å². The number of benzene rings is 1. The summed E-state index contributed by atoms with van der Waals surface area (Å²) in [5.41, 5.74) is 0.999. The van der Waals surface area contributed by atoms with Crippen molar-refractivity contribution in [3.8, 4) is 0 Å². The van der Waals surface area contributed by atoms with Gasteiger partial charge in [-0.25, -0.2) is 0 Å². The van der Waals surface area contributed by atoms with Gasteiger partial charge in [0.1, 0.15) is 0 Å². The minimum atomic E-state index is -2.98. The summed E-state index contributed by atoms with van der Waals surface area (Å²) in [4.78, 5) is 0. The first-order valence-corrected chi connectivity index (χ1v) is 8.00. The second kappa shape index (κ2) is 7.75. The Morgan fingerprint density at radius 2 is 1.72 bits per heavy atom. The summed E-state index contributed by atoms with van der Waals surface area (Å²) in [5.74, 6) is 0. The molecule has 0 fully saturated rings. The molecule has 0 aliphatic rings. The zero-order valence-electron chi connectivity index (χ0n) is 10.6. The normalized spacial score (nSPS) is 12.2. The lowest BCUT2D eigenvalue weighted by atomic mass is 10.2. The van der Waals surface area contributed by atoms with Gasteiger partial charge in [0.15, 0.2) is 0 Å². The quantitative estimate of drug-likeness (QED) is 0.687. The molecular weight excluding hydrogens is 271 g/mol. The van der Waals surface area contributed by atoms with Crippen molar-refractivity contribution >= 4 is 25.3 Å². The first-order valence-electron chi connectivity index (χ1n) is 5.90. The van der Waals surface area contributed by atoms with Crippen LogP contribution in [-0.2, 0) is 13.6 Å². The Morgan fingerprint density at radius 1 is 1.17 bits per heavy atom. The van der Waals surface area contributed by atoms with Crippen LogP contribution in [0.5, 0.6) is 0 Å². The zero-order chi connectivity index (χ0) is 13.4. The molecule has 0 aromatic heterocycles. The van der Waals surface area contributed by atoms with Gasteiger partial charge in [-0.1, -0.05) is 35.9 Å². The summed E-state index contributed by atoms with van der Waals surface area (Å²) < 4.78 is 22.5. The molecule has 18 heavy (non-hydrogen) atoms. The van der Waals surface area contributed by atoms with Gasteiger partial charge in [0.25, 0.3) is 0 Å². The minimum absolute atomic E-state index is 0.275. The highest BCUT2D eigenvalue weighted by Crippen LogP contribution is 2.47. The van der Waals surface area contributed by atoms with E-state index in [1.807, 2.05) is 30.3 Å². The third-order valence-electron chi connectivity index (χ3n) is 2.16. The second-order valence-corrected chi connectivity index (χ2v) is 6.12. The lowest BCUT2D eigenvalue weighted by molar-refractivity contribution is 0.222. The van der Waals surface area contributed by atoms with E-state index in [9.17, 15) is 4.57 Å². The number of halogens is 1. The molecule has 0 saturated carbocycles. The predicted octanol–water partition coefficient (Wildman–Crippen LogP) is 4.62. The molecular formula is C13H18ClO3P. The Hall–Kier alpha value is -0.600. The van der Waals surface area contributed by atoms with Gasteiger partial charge in [0.05, 0.1) is 19.4 Å². The Kier molecular flexibility index (Phi) is 6.66. The van der Waals surface area contributed by atoms with E-state index in [4.69, 9.17) is 20.6 Å². The van der Waals surface area contributed by atoms with Gasteiger partial charge in [-0.3, -0.25) is 4.57 Å². The van der Waals surface area contributed by atoms with Crippen molar-refractivity contribution in [3.05, 3.63) is 40.9 Å². The van der Waals surface area contributed by atoms with E-state index in [-0.39, 0.29) is 6.16 Å². The molecule has 0 radical (unpaired) electrons. The Bertz CT molecular complexity index is 418. The van der Waals surface area contributed by atoms with Crippen LogP contribution < -0.4 is 0 Å². The van der Waals surface area contributed by atoms with Crippen LogP contribution in [0, 0.1) is 0 Å². The van der Waals surface area contributed by atoms with Crippen LogP contribution >= 0.6 is 19.2 Å². The summed E-state index contributed by atoms with van der Waals surface area (Å²) >= 11 is 5.79. The predicted molar refractivity (Wildman–Crippen MR) is 76.2 cm³/mol. The first-order chi connectivity index (χ1) is 8.59. The van der Waals surface area contributed by atoms with E-state index in [0.29, 0.717) is 18.2 Å². The van der Waals surface area contributed by atoms with Gasteiger partial charge < -0.3 is 9.05 Å². The molecule has 1 aromatic rings. The highest BCUT2D eigenvalue weighted by molar-refractivity contribution is 7.54. The fourth-order valence-corrected chi connectivity index (χ4v) is 2.99. The number of allylic oxidation sites excluding steroid dienone is 1. The van der Waals surface area contributed by atoms with Crippen molar-refractivity contribution in [1.29, 1.82) is 0 Å². The van der Waals surface area contributed by atoms with Crippen molar-refractivity contribution in [3.63, 3.8) is 0 Å². The molecule has 100 valence electrons. The number of rotatable bonds is 7. The highest BCUT2D eigenvalue weighted by Gasteiger charge is 2.20. The molecule has 1 rings (SSSR count). The van der Waals surface area contributed by atoms with Crippen molar-refractivity contribution in [2.75, 3.05) is 19.4 Å². The first kappa shape index (κ1) is 15.5. The molecule has 5 heteroatoms. The average molecular weight is 289 g/mol. The smallest absolute Gasteiger partial charge is 0.309 e. The third-order valence-corrected chi connectivity index (χ3v) is 4.37. The Morgan fingerprint density at radius 3 is 2.22 bits per heavy atom. The molecule has 0 aliphatic carbocycles. The fraction of sp³-hybridized carbons (Fsp3) is 0.385. The van der Waals surface area contributed by atoms with Crippen molar-refractivity contribution in [2.45, 2.75) is 13.8 Å². The largest absolute Gasteiger partial charge is 0.334 e. The molecule has 0 heterocycles. The standard InChI is InChI=1S/C13H18ClO3P/c1-3-16-18(15,17-4-2)11-5-6-12-7-9-13(14)10-8-12/h5-10H,3-4,11H2,1-2H3/b6-5+. The maximum Gasteiger partial charge on any atom is 0.334 e. The van der Waals surface area contributed by atoms with E-state index in [1.165, 1.54) is 0 Å². The van der Waals surface area contributed by atoms with Gasteiger partial charge >= 0.3 is 7.60 Å². The maximum absolute atomic E-state index is 12.1. The fourth-order valence-electron chi connectivity index (χ4n) is 1.43. The van der Waals surface area contributed by atoms with Gasteiger partial charge in [0, 0.05) is 5.02 Å². The minimum Gasteiger partial charge on any atom is -0.309 e. The maximum atomic E-state index is 12.1.